The minimum Gasteiger partial charge on any atom is -0.481 e. The molecule has 0 aliphatic carbocycles. The number of aromatic nitrogens is 1. The smallest absolute Gasteiger partial charge is 0.308 e. The van der Waals surface area contributed by atoms with E-state index in [1.165, 1.54) is 0 Å². The lowest BCUT2D eigenvalue weighted by molar-refractivity contribution is -0.141. The maximum absolute atomic E-state index is 10.7. The van der Waals surface area contributed by atoms with E-state index in [2.05, 4.69) is 4.98 Å². The average molecular weight is 194 g/mol. The Morgan fingerprint density at radius 2 is 2.36 bits per heavy atom. The summed E-state index contributed by atoms with van der Waals surface area (Å²) in [5.41, 5.74) is 7.31. The number of aliphatic carboxylic acids is 1. The molecule has 4 heteroatoms. The van der Waals surface area contributed by atoms with E-state index in [-0.39, 0.29) is 6.54 Å². The SMILES string of the molecule is Cc1cncc(CC(CN)C(=O)O)c1. The van der Waals surface area contributed by atoms with Crippen LogP contribution in [0.4, 0.5) is 0 Å². The molecule has 0 spiro atoms. The summed E-state index contributed by atoms with van der Waals surface area (Å²) in [5, 5.41) is 8.80. The summed E-state index contributed by atoms with van der Waals surface area (Å²) < 4.78 is 0. The molecule has 0 bridgehead atoms. The van der Waals surface area contributed by atoms with Crippen molar-refractivity contribution < 1.29 is 9.90 Å². The molecule has 0 saturated heterocycles. The van der Waals surface area contributed by atoms with Gasteiger partial charge in [-0.25, -0.2) is 0 Å². The molecule has 0 fully saturated rings. The molecule has 1 atom stereocenters. The second-order valence-electron chi connectivity index (χ2n) is 3.35. The van der Waals surface area contributed by atoms with Crippen molar-refractivity contribution in [1.29, 1.82) is 0 Å². The van der Waals surface area contributed by atoms with Gasteiger partial charge in [0.2, 0.25) is 0 Å². The lowest BCUT2D eigenvalue weighted by atomic mass is 10.0. The first-order chi connectivity index (χ1) is 6.63. The number of carboxylic acids is 1. The van der Waals surface area contributed by atoms with Crippen molar-refractivity contribution >= 4 is 5.97 Å². The maximum atomic E-state index is 10.7. The van der Waals surface area contributed by atoms with E-state index in [1.807, 2.05) is 13.0 Å². The maximum Gasteiger partial charge on any atom is 0.308 e. The number of carboxylic acid groups (broad SMARTS) is 1. The zero-order valence-corrected chi connectivity index (χ0v) is 8.10. The van der Waals surface area contributed by atoms with E-state index >= 15 is 0 Å². The van der Waals surface area contributed by atoms with Crippen molar-refractivity contribution in [3.63, 3.8) is 0 Å². The van der Waals surface area contributed by atoms with Crippen molar-refractivity contribution in [2.45, 2.75) is 13.3 Å². The highest BCUT2D eigenvalue weighted by molar-refractivity contribution is 5.70. The molecular weight excluding hydrogens is 180 g/mol. The molecule has 1 aromatic heterocycles. The quantitative estimate of drug-likeness (QED) is 0.735. The Labute approximate surface area is 82.8 Å². The zero-order chi connectivity index (χ0) is 10.6. The molecule has 3 N–H and O–H groups in total. The Morgan fingerprint density at radius 1 is 1.64 bits per heavy atom. The van der Waals surface area contributed by atoms with Gasteiger partial charge >= 0.3 is 5.97 Å². The Bertz CT molecular complexity index is 326. The van der Waals surface area contributed by atoms with Crippen LogP contribution in [0.2, 0.25) is 0 Å². The first-order valence-corrected chi connectivity index (χ1v) is 4.47. The van der Waals surface area contributed by atoms with Crippen molar-refractivity contribution in [1.82, 2.24) is 4.98 Å². The van der Waals surface area contributed by atoms with Gasteiger partial charge in [-0.2, -0.15) is 0 Å². The molecule has 4 nitrogen and oxygen atoms in total. The van der Waals surface area contributed by atoms with Gasteiger partial charge in [0.15, 0.2) is 0 Å². The predicted molar refractivity (Wildman–Crippen MR) is 52.9 cm³/mol. The fourth-order valence-electron chi connectivity index (χ4n) is 1.29. The Morgan fingerprint density at radius 3 is 2.86 bits per heavy atom. The number of rotatable bonds is 4. The summed E-state index contributed by atoms with van der Waals surface area (Å²) in [5.74, 6) is -1.37. The molecule has 1 unspecified atom stereocenters. The minimum atomic E-state index is -0.853. The highest BCUT2D eigenvalue weighted by Gasteiger charge is 2.15. The lowest BCUT2D eigenvalue weighted by Crippen LogP contribution is -2.25. The van der Waals surface area contributed by atoms with Crippen LogP contribution in [0.25, 0.3) is 0 Å². The largest absolute Gasteiger partial charge is 0.481 e. The third-order valence-corrected chi connectivity index (χ3v) is 2.05. The second-order valence-corrected chi connectivity index (χ2v) is 3.35. The van der Waals surface area contributed by atoms with Gasteiger partial charge in [0.05, 0.1) is 5.92 Å². The number of pyridine rings is 1. The molecule has 76 valence electrons. The van der Waals surface area contributed by atoms with Crippen molar-refractivity contribution in [3.8, 4) is 0 Å². The third-order valence-electron chi connectivity index (χ3n) is 2.05. The summed E-state index contributed by atoms with van der Waals surface area (Å²) >= 11 is 0. The number of nitrogens with two attached hydrogens (primary N) is 1. The lowest BCUT2D eigenvalue weighted by Gasteiger charge is -2.09. The van der Waals surface area contributed by atoms with Crippen LogP contribution in [-0.2, 0) is 11.2 Å². The van der Waals surface area contributed by atoms with Gasteiger partial charge in [0.1, 0.15) is 0 Å². The molecule has 0 amide bonds. The van der Waals surface area contributed by atoms with Crippen molar-refractivity contribution in [2.24, 2.45) is 11.7 Å². The monoisotopic (exact) mass is 194 g/mol. The van der Waals surface area contributed by atoms with E-state index < -0.39 is 11.9 Å². The van der Waals surface area contributed by atoms with Crippen LogP contribution in [0.15, 0.2) is 18.5 Å². The zero-order valence-electron chi connectivity index (χ0n) is 8.10. The van der Waals surface area contributed by atoms with E-state index in [4.69, 9.17) is 10.8 Å². The molecule has 1 aromatic rings. The van der Waals surface area contributed by atoms with Crippen LogP contribution >= 0.6 is 0 Å². The molecule has 0 radical (unpaired) electrons. The summed E-state index contributed by atoms with van der Waals surface area (Å²) in [7, 11) is 0. The van der Waals surface area contributed by atoms with E-state index in [1.54, 1.807) is 12.4 Å². The van der Waals surface area contributed by atoms with Crippen LogP contribution in [0.3, 0.4) is 0 Å². The van der Waals surface area contributed by atoms with Gasteiger partial charge < -0.3 is 10.8 Å². The van der Waals surface area contributed by atoms with Gasteiger partial charge in [-0.05, 0) is 24.5 Å². The van der Waals surface area contributed by atoms with Gasteiger partial charge in [-0.3, -0.25) is 9.78 Å². The number of carbonyl (C=O) groups is 1. The number of nitrogens with zero attached hydrogens (tertiary/aromatic N) is 1. The fourth-order valence-corrected chi connectivity index (χ4v) is 1.29. The van der Waals surface area contributed by atoms with Gasteiger partial charge in [0, 0.05) is 18.9 Å². The van der Waals surface area contributed by atoms with E-state index in [0.717, 1.165) is 11.1 Å². The van der Waals surface area contributed by atoms with Crippen LogP contribution < -0.4 is 5.73 Å². The van der Waals surface area contributed by atoms with Crippen LogP contribution in [-0.4, -0.2) is 22.6 Å². The molecule has 0 saturated carbocycles. The summed E-state index contributed by atoms with van der Waals surface area (Å²) in [6, 6.07) is 1.93. The third kappa shape index (κ3) is 2.81. The van der Waals surface area contributed by atoms with Crippen LogP contribution in [0.1, 0.15) is 11.1 Å². The molecule has 14 heavy (non-hydrogen) atoms. The van der Waals surface area contributed by atoms with Crippen LogP contribution in [0.5, 0.6) is 0 Å². The normalized spacial score (nSPS) is 12.4. The molecular formula is C10H14N2O2. The summed E-state index contributed by atoms with van der Waals surface area (Å²) in [6.45, 7) is 2.08. The first-order valence-electron chi connectivity index (χ1n) is 4.47. The Kier molecular flexibility index (Phi) is 3.59. The fraction of sp³-hybridized carbons (Fsp3) is 0.400. The molecule has 0 aromatic carbocycles. The second kappa shape index (κ2) is 4.72. The molecule has 1 heterocycles. The van der Waals surface area contributed by atoms with Gasteiger partial charge in [-0.15, -0.1) is 0 Å². The molecule has 1 rings (SSSR count). The standard InChI is InChI=1S/C10H14N2O2/c1-7-2-8(6-12-5-7)3-9(4-11)10(13)14/h2,5-6,9H,3-4,11H2,1H3,(H,13,14). The van der Waals surface area contributed by atoms with Crippen LogP contribution in [0, 0.1) is 12.8 Å². The predicted octanol–water partition coefficient (Wildman–Crippen LogP) is 0.592. The highest BCUT2D eigenvalue weighted by Crippen LogP contribution is 2.08. The highest BCUT2D eigenvalue weighted by atomic mass is 16.4. The Balaban J connectivity index is 2.72. The number of hydrogen-bond acceptors (Lipinski definition) is 3. The van der Waals surface area contributed by atoms with E-state index in [0.29, 0.717) is 6.42 Å². The van der Waals surface area contributed by atoms with Crippen molar-refractivity contribution in [2.75, 3.05) is 6.54 Å². The molecule has 0 aliphatic heterocycles. The van der Waals surface area contributed by atoms with Gasteiger partial charge in [-0.1, -0.05) is 6.07 Å². The summed E-state index contributed by atoms with van der Waals surface area (Å²) in [4.78, 5) is 14.7. The topological polar surface area (TPSA) is 76.2 Å². The van der Waals surface area contributed by atoms with Crippen molar-refractivity contribution in [3.05, 3.63) is 29.6 Å². The average Bonchev–Trinajstić information content (AvgIpc) is 2.14. The minimum absolute atomic E-state index is 0.156. The number of aryl methyl sites for hydroxylation is 1. The number of hydrogen-bond donors (Lipinski definition) is 2. The Hall–Kier alpha value is -1.42. The first kappa shape index (κ1) is 10.7. The summed E-state index contributed by atoms with van der Waals surface area (Å²) in [6.07, 6.45) is 3.86. The van der Waals surface area contributed by atoms with E-state index in [9.17, 15) is 4.79 Å². The molecule has 0 aliphatic rings. The van der Waals surface area contributed by atoms with Gasteiger partial charge in [0.25, 0.3) is 0 Å².